The highest BCUT2D eigenvalue weighted by Crippen LogP contribution is 2.35. The number of non-ortho nitro benzene ring substituents is 1. The standard InChI is InChI=1S/C22H19ClN4O5S2/c1-13-2-4-16(17(23)10-13)20(28)24-26-21(29)19(34-22(26)33)12-14-11-15(27(30)31)3-5-18(14)25-6-8-32-9-7-25/h2-5,10-12H,6-9H2,1H3,(H,24,28)/b19-12+. The first-order valence-corrected chi connectivity index (χ1v) is 11.8. The maximum atomic E-state index is 13.1. The van der Waals surface area contributed by atoms with Gasteiger partial charge in [0.05, 0.1) is 33.6 Å². The SMILES string of the molecule is Cc1ccc(C(=O)NN2C(=O)/C(=C\c3cc([N+](=O)[O-])ccc3N3CCOCC3)SC2=S)c(Cl)c1. The summed E-state index contributed by atoms with van der Waals surface area (Å²) in [7, 11) is 0. The third kappa shape index (κ3) is 5.07. The first kappa shape index (κ1) is 24.1. The van der Waals surface area contributed by atoms with Crippen LogP contribution < -0.4 is 10.3 Å². The van der Waals surface area contributed by atoms with E-state index in [4.69, 9.17) is 28.6 Å². The Morgan fingerprint density at radius 3 is 2.68 bits per heavy atom. The van der Waals surface area contributed by atoms with Gasteiger partial charge < -0.3 is 9.64 Å². The van der Waals surface area contributed by atoms with Gasteiger partial charge in [0, 0.05) is 36.5 Å². The second kappa shape index (κ2) is 10.1. The highest BCUT2D eigenvalue weighted by atomic mass is 35.5. The number of anilines is 1. The van der Waals surface area contributed by atoms with Gasteiger partial charge in [-0.25, -0.2) is 0 Å². The average Bonchev–Trinajstić information content (AvgIpc) is 3.06. The molecule has 34 heavy (non-hydrogen) atoms. The number of hydrogen-bond acceptors (Lipinski definition) is 8. The Morgan fingerprint density at radius 1 is 1.26 bits per heavy atom. The molecule has 0 bridgehead atoms. The number of hydrazine groups is 1. The van der Waals surface area contributed by atoms with E-state index in [1.54, 1.807) is 30.3 Å². The molecule has 2 fully saturated rings. The van der Waals surface area contributed by atoms with Crippen LogP contribution in [0.1, 0.15) is 21.5 Å². The number of thioether (sulfide) groups is 1. The van der Waals surface area contributed by atoms with Crippen molar-refractivity contribution in [3.05, 3.63) is 73.1 Å². The van der Waals surface area contributed by atoms with E-state index in [9.17, 15) is 19.7 Å². The average molecular weight is 519 g/mol. The van der Waals surface area contributed by atoms with Gasteiger partial charge in [-0.2, -0.15) is 5.01 Å². The van der Waals surface area contributed by atoms with Crippen LogP contribution in [0.2, 0.25) is 5.02 Å². The van der Waals surface area contributed by atoms with Crippen LogP contribution in [0, 0.1) is 17.0 Å². The molecule has 2 aromatic rings. The van der Waals surface area contributed by atoms with Crippen molar-refractivity contribution >= 4 is 69.2 Å². The fraction of sp³-hybridized carbons (Fsp3) is 0.227. The van der Waals surface area contributed by atoms with Gasteiger partial charge in [-0.15, -0.1) is 0 Å². The van der Waals surface area contributed by atoms with Gasteiger partial charge in [0.2, 0.25) is 0 Å². The first-order chi connectivity index (χ1) is 16.2. The Labute approximate surface area is 209 Å². The number of carbonyl (C=O) groups is 2. The molecule has 0 atom stereocenters. The topological polar surface area (TPSA) is 105 Å². The number of nitrogens with zero attached hydrogens (tertiary/aromatic N) is 3. The van der Waals surface area contributed by atoms with Crippen molar-refractivity contribution < 1.29 is 19.2 Å². The van der Waals surface area contributed by atoms with Crippen LogP contribution in [-0.2, 0) is 9.53 Å². The van der Waals surface area contributed by atoms with Gasteiger partial charge >= 0.3 is 0 Å². The van der Waals surface area contributed by atoms with Crippen LogP contribution in [0.3, 0.4) is 0 Å². The fourth-order valence-electron chi connectivity index (χ4n) is 3.53. The number of benzene rings is 2. The minimum atomic E-state index is -0.577. The third-order valence-electron chi connectivity index (χ3n) is 5.24. The van der Waals surface area contributed by atoms with Crippen LogP contribution in [0.15, 0.2) is 41.3 Å². The van der Waals surface area contributed by atoms with Gasteiger partial charge in [0.1, 0.15) is 0 Å². The lowest BCUT2D eigenvalue weighted by atomic mass is 10.1. The maximum absolute atomic E-state index is 13.1. The predicted molar refractivity (Wildman–Crippen MR) is 135 cm³/mol. The summed E-state index contributed by atoms with van der Waals surface area (Å²) in [5, 5.41) is 12.6. The molecule has 2 amide bonds. The zero-order valence-electron chi connectivity index (χ0n) is 17.9. The molecule has 0 aromatic heterocycles. The van der Waals surface area contributed by atoms with Crippen LogP contribution >= 0.6 is 35.6 Å². The molecule has 12 heteroatoms. The number of nitro benzene ring substituents is 1. The molecule has 176 valence electrons. The van der Waals surface area contributed by atoms with E-state index in [1.165, 1.54) is 12.1 Å². The molecule has 2 aliphatic rings. The third-order valence-corrected chi connectivity index (χ3v) is 6.85. The molecular formula is C22H19ClN4O5S2. The summed E-state index contributed by atoms with van der Waals surface area (Å²) in [5.74, 6) is -1.11. The maximum Gasteiger partial charge on any atom is 0.285 e. The van der Waals surface area contributed by atoms with E-state index < -0.39 is 16.7 Å². The normalized spacial score (nSPS) is 17.4. The number of carbonyl (C=O) groups excluding carboxylic acids is 2. The minimum Gasteiger partial charge on any atom is -0.378 e. The molecule has 2 saturated heterocycles. The van der Waals surface area contributed by atoms with Gasteiger partial charge in [0.15, 0.2) is 4.32 Å². The molecular weight excluding hydrogens is 500 g/mol. The van der Waals surface area contributed by atoms with Gasteiger partial charge in [-0.3, -0.25) is 25.1 Å². The Kier molecular flexibility index (Phi) is 7.17. The molecule has 9 nitrogen and oxygen atoms in total. The van der Waals surface area contributed by atoms with E-state index in [0.717, 1.165) is 28.0 Å². The van der Waals surface area contributed by atoms with E-state index >= 15 is 0 Å². The Morgan fingerprint density at radius 2 is 2.00 bits per heavy atom. The van der Waals surface area contributed by atoms with Crippen molar-refractivity contribution in [2.24, 2.45) is 0 Å². The van der Waals surface area contributed by atoms with Crippen molar-refractivity contribution in [1.82, 2.24) is 10.4 Å². The largest absolute Gasteiger partial charge is 0.378 e. The lowest BCUT2D eigenvalue weighted by Gasteiger charge is -2.30. The molecule has 2 heterocycles. The van der Waals surface area contributed by atoms with Gasteiger partial charge in [-0.05, 0) is 49.0 Å². The number of amides is 2. The van der Waals surface area contributed by atoms with Crippen molar-refractivity contribution in [3.63, 3.8) is 0 Å². The second-order valence-electron chi connectivity index (χ2n) is 7.54. The fourth-order valence-corrected chi connectivity index (χ4v) is 5.03. The molecule has 0 saturated carbocycles. The van der Waals surface area contributed by atoms with E-state index in [0.29, 0.717) is 31.9 Å². The number of nitrogens with one attached hydrogen (secondary N) is 1. The van der Waals surface area contributed by atoms with E-state index in [2.05, 4.69) is 5.43 Å². The number of morpholine rings is 1. The van der Waals surface area contributed by atoms with Crippen molar-refractivity contribution in [3.8, 4) is 0 Å². The summed E-state index contributed by atoms with van der Waals surface area (Å²) in [6.07, 6.45) is 1.56. The number of halogens is 1. The zero-order chi connectivity index (χ0) is 24.4. The van der Waals surface area contributed by atoms with Crippen LogP contribution in [0.5, 0.6) is 0 Å². The summed E-state index contributed by atoms with van der Waals surface area (Å²) in [6.45, 7) is 4.15. The lowest BCUT2D eigenvalue weighted by molar-refractivity contribution is -0.384. The molecule has 4 rings (SSSR count). The van der Waals surface area contributed by atoms with Gasteiger partial charge in [-0.1, -0.05) is 29.4 Å². The molecule has 0 aliphatic carbocycles. The highest BCUT2D eigenvalue weighted by Gasteiger charge is 2.34. The van der Waals surface area contributed by atoms with Gasteiger partial charge in [0.25, 0.3) is 17.5 Å². The Bertz CT molecular complexity index is 1230. The number of rotatable bonds is 5. The smallest absolute Gasteiger partial charge is 0.285 e. The van der Waals surface area contributed by atoms with Crippen molar-refractivity contribution in [2.75, 3.05) is 31.2 Å². The molecule has 0 spiro atoms. The molecule has 2 aromatic carbocycles. The Balaban J connectivity index is 1.62. The molecule has 0 radical (unpaired) electrons. The Hall–Kier alpha value is -2.99. The van der Waals surface area contributed by atoms with Crippen LogP contribution in [0.4, 0.5) is 11.4 Å². The van der Waals surface area contributed by atoms with Crippen molar-refractivity contribution in [1.29, 1.82) is 0 Å². The minimum absolute atomic E-state index is 0.0962. The number of ether oxygens (including phenoxy) is 1. The summed E-state index contributed by atoms with van der Waals surface area (Å²) in [6, 6.07) is 9.47. The number of aryl methyl sites for hydroxylation is 1. The summed E-state index contributed by atoms with van der Waals surface area (Å²) >= 11 is 12.5. The second-order valence-corrected chi connectivity index (χ2v) is 9.62. The summed E-state index contributed by atoms with van der Waals surface area (Å²) in [5.41, 5.74) is 4.75. The summed E-state index contributed by atoms with van der Waals surface area (Å²) in [4.78, 5) is 38.9. The number of nitro groups is 1. The van der Waals surface area contributed by atoms with Crippen LogP contribution in [-0.4, -0.2) is 52.4 Å². The quantitative estimate of drug-likeness (QED) is 0.275. The predicted octanol–water partition coefficient (Wildman–Crippen LogP) is 3.94. The molecule has 1 N–H and O–H groups in total. The molecule has 2 aliphatic heterocycles. The highest BCUT2D eigenvalue weighted by molar-refractivity contribution is 8.26. The van der Waals surface area contributed by atoms with E-state index in [1.807, 2.05) is 11.8 Å². The monoisotopic (exact) mass is 518 g/mol. The first-order valence-electron chi connectivity index (χ1n) is 10.2. The van der Waals surface area contributed by atoms with Crippen molar-refractivity contribution in [2.45, 2.75) is 6.92 Å². The number of hydrogen-bond donors (Lipinski definition) is 1. The zero-order valence-corrected chi connectivity index (χ0v) is 20.3. The van der Waals surface area contributed by atoms with Crippen LogP contribution in [0.25, 0.3) is 6.08 Å². The summed E-state index contributed by atoms with van der Waals surface area (Å²) < 4.78 is 5.52. The lowest BCUT2D eigenvalue weighted by Crippen LogP contribution is -2.44. The molecule has 0 unspecified atom stereocenters. The van der Waals surface area contributed by atoms with E-state index in [-0.39, 0.29) is 25.5 Å². The number of thiocarbonyl (C=S) groups is 1.